The second-order valence-electron chi connectivity index (χ2n) is 9.66. The summed E-state index contributed by atoms with van der Waals surface area (Å²) in [7, 11) is -1.77. The van der Waals surface area contributed by atoms with Crippen LogP contribution in [0.25, 0.3) is 5.57 Å². The molecule has 6 heteroatoms. The van der Waals surface area contributed by atoms with Gasteiger partial charge in [-0.25, -0.2) is 9.59 Å². The standard InChI is InChI=1S/C23H36O5Si/c1-17(20(24)28-22(2,3)4)18-11-13-19(14-12-18)21(25)26-15-10-16-27-29(8,9)23(5,6)7/h11-14H,1,10,15-16H2,2-9H3. The predicted octanol–water partition coefficient (Wildman–Crippen LogP) is 5.61. The smallest absolute Gasteiger partial charge is 0.338 e. The minimum absolute atomic E-state index is 0.161. The fourth-order valence-electron chi connectivity index (χ4n) is 2.12. The highest BCUT2D eigenvalue weighted by atomic mass is 28.4. The monoisotopic (exact) mass is 420 g/mol. The summed E-state index contributed by atoms with van der Waals surface area (Å²) in [5, 5.41) is 0.161. The summed E-state index contributed by atoms with van der Waals surface area (Å²) in [4.78, 5) is 24.3. The Morgan fingerprint density at radius 3 is 1.93 bits per heavy atom. The van der Waals surface area contributed by atoms with E-state index in [9.17, 15) is 9.59 Å². The van der Waals surface area contributed by atoms with Crippen LogP contribution in [0.15, 0.2) is 30.8 Å². The molecule has 0 saturated heterocycles. The lowest BCUT2D eigenvalue weighted by atomic mass is 10.1. The molecule has 0 radical (unpaired) electrons. The quantitative estimate of drug-likeness (QED) is 0.237. The van der Waals surface area contributed by atoms with Crippen LogP contribution < -0.4 is 0 Å². The summed E-state index contributed by atoms with van der Waals surface area (Å²) < 4.78 is 16.7. The third kappa shape index (κ3) is 8.15. The maximum atomic E-state index is 12.2. The highest BCUT2D eigenvalue weighted by Crippen LogP contribution is 2.36. The van der Waals surface area contributed by atoms with E-state index >= 15 is 0 Å². The summed E-state index contributed by atoms with van der Waals surface area (Å²) >= 11 is 0. The van der Waals surface area contributed by atoms with E-state index in [0.29, 0.717) is 30.8 Å². The van der Waals surface area contributed by atoms with Crippen LogP contribution in [0, 0.1) is 0 Å². The van der Waals surface area contributed by atoms with Gasteiger partial charge in [-0.3, -0.25) is 0 Å². The van der Waals surface area contributed by atoms with Gasteiger partial charge in [0.1, 0.15) is 5.60 Å². The van der Waals surface area contributed by atoms with Crippen molar-refractivity contribution in [2.24, 2.45) is 0 Å². The number of esters is 2. The average Bonchev–Trinajstić information content (AvgIpc) is 2.58. The van der Waals surface area contributed by atoms with E-state index in [1.165, 1.54) is 0 Å². The second-order valence-corrected chi connectivity index (χ2v) is 14.5. The molecule has 0 aliphatic heterocycles. The summed E-state index contributed by atoms with van der Waals surface area (Å²) in [6.45, 7) is 21.1. The molecule has 0 aromatic heterocycles. The number of carbonyl (C=O) groups is 2. The van der Waals surface area contributed by atoms with Crippen molar-refractivity contribution in [3.8, 4) is 0 Å². The molecular formula is C23H36O5Si. The molecule has 0 bridgehead atoms. The molecule has 0 spiro atoms. The number of carbonyl (C=O) groups excluding carboxylic acids is 2. The first-order chi connectivity index (χ1) is 13.1. The number of ether oxygens (including phenoxy) is 2. The normalized spacial score (nSPS) is 12.4. The van der Waals surface area contributed by atoms with Crippen LogP contribution in [-0.4, -0.2) is 39.1 Å². The Morgan fingerprint density at radius 1 is 0.931 bits per heavy atom. The van der Waals surface area contributed by atoms with E-state index < -0.39 is 25.9 Å². The zero-order chi connectivity index (χ0) is 22.5. The molecule has 29 heavy (non-hydrogen) atoms. The lowest BCUT2D eigenvalue weighted by molar-refractivity contribution is -0.147. The highest BCUT2D eigenvalue weighted by Gasteiger charge is 2.36. The Labute approximate surface area is 176 Å². The molecule has 0 N–H and O–H groups in total. The van der Waals surface area contributed by atoms with Crippen molar-refractivity contribution in [2.75, 3.05) is 13.2 Å². The Bertz CT molecular complexity index is 721. The molecule has 0 amide bonds. The van der Waals surface area contributed by atoms with Gasteiger partial charge in [-0.2, -0.15) is 0 Å². The SMILES string of the molecule is C=C(C(=O)OC(C)(C)C)c1ccc(C(=O)OCCCO[Si](C)(C)C(C)(C)C)cc1. The van der Waals surface area contributed by atoms with Crippen molar-refractivity contribution in [3.05, 3.63) is 42.0 Å². The van der Waals surface area contributed by atoms with Gasteiger partial charge in [-0.05, 0) is 56.6 Å². The van der Waals surface area contributed by atoms with Crippen molar-refractivity contribution >= 4 is 25.8 Å². The van der Waals surface area contributed by atoms with Gasteiger partial charge in [-0.15, -0.1) is 0 Å². The molecule has 0 aliphatic carbocycles. The highest BCUT2D eigenvalue weighted by molar-refractivity contribution is 6.74. The maximum Gasteiger partial charge on any atom is 0.338 e. The van der Waals surface area contributed by atoms with Crippen LogP contribution >= 0.6 is 0 Å². The molecule has 0 heterocycles. The fourth-order valence-corrected chi connectivity index (χ4v) is 3.20. The Morgan fingerprint density at radius 2 is 1.45 bits per heavy atom. The molecule has 0 fully saturated rings. The van der Waals surface area contributed by atoms with Crippen LogP contribution in [0.2, 0.25) is 18.1 Å². The predicted molar refractivity (Wildman–Crippen MR) is 119 cm³/mol. The largest absolute Gasteiger partial charge is 0.462 e. The summed E-state index contributed by atoms with van der Waals surface area (Å²) in [5.41, 5.74) is 0.704. The first-order valence-corrected chi connectivity index (χ1v) is 12.9. The van der Waals surface area contributed by atoms with Crippen molar-refractivity contribution in [3.63, 3.8) is 0 Å². The Balaban J connectivity index is 2.50. The molecule has 162 valence electrons. The van der Waals surface area contributed by atoms with E-state index in [4.69, 9.17) is 13.9 Å². The maximum absolute atomic E-state index is 12.2. The van der Waals surface area contributed by atoms with Gasteiger partial charge < -0.3 is 13.9 Å². The molecule has 1 aromatic carbocycles. The molecule has 1 rings (SSSR count). The zero-order valence-electron chi connectivity index (χ0n) is 19.2. The number of hydrogen-bond donors (Lipinski definition) is 0. The molecule has 0 saturated carbocycles. The number of hydrogen-bond acceptors (Lipinski definition) is 5. The zero-order valence-corrected chi connectivity index (χ0v) is 20.2. The number of rotatable bonds is 8. The minimum Gasteiger partial charge on any atom is -0.462 e. The molecule has 0 unspecified atom stereocenters. The first-order valence-electron chi connectivity index (χ1n) is 9.98. The van der Waals surface area contributed by atoms with Gasteiger partial charge >= 0.3 is 11.9 Å². The molecule has 5 nitrogen and oxygen atoms in total. The third-order valence-corrected chi connectivity index (χ3v) is 9.44. The van der Waals surface area contributed by atoms with Crippen LogP contribution in [-0.2, 0) is 18.7 Å². The van der Waals surface area contributed by atoms with Gasteiger partial charge in [0.2, 0.25) is 0 Å². The van der Waals surface area contributed by atoms with Gasteiger partial charge in [0, 0.05) is 13.0 Å². The van der Waals surface area contributed by atoms with E-state index in [-0.39, 0.29) is 10.6 Å². The van der Waals surface area contributed by atoms with E-state index in [1.54, 1.807) is 45.0 Å². The first kappa shape index (κ1) is 25.1. The lowest BCUT2D eigenvalue weighted by Crippen LogP contribution is -2.41. The van der Waals surface area contributed by atoms with E-state index in [2.05, 4.69) is 40.4 Å². The number of benzene rings is 1. The van der Waals surface area contributed by atoms with Gasteiger partial charge in [0.25, 0.3) is 0 Å². The van der Waals surface area contributed by atoms with Gasteiger partial charge in [-0.1, -0.05) is 39.5 Å². The van der Waals surface area contributed by atoms with Crippen molar-refractivity contribution < 1.29 is 23.5 Å². The van der Waals surface area contributed by atoms with Crippen molar-refractivity contribution in [2.45, 2.75) is 71.7 Å². The molecule has 0 atom stereocenters. The molecule has 1 aromatic rings. The summed E-state index contributed by atoms with van der Waals surface area (Å²) in [6.07, 6.45) is 0.659. The fraction of sp³-hybridized carbons (Fsp3) is 0.565. The van der Waals surface area contributed by atoms with Crippen molar-refractivity contribution in [1.82, 2.24) is 0 Å². The minimum atomic E-state index is -1.77. The topological polar surface area (TPSA) is 61.8 Å². The van der Waals surface area contributed by atoms with E-state index in [1.807, 2.05) is 0 Å². The third-order valence-electron chi connectivity index (χ3n) is 4.91. The van der Waals surface area contributed by atoms with Crippen LogP contribution in [0.5, 0.6) is 0 Å². The van der Waals surface area contributed by atoms with Crippen LogP contribution in [0.4, 0.5) is 0 Å². The van der Waals surface area contributed by atoms with Gasteiger partial charge in [0.05, 0.1) is 17.7 Å². The van der Waals surface area contributed by atoms with E-state index in [0.717, 1.165) is 0 Å². The van der Waals surface area contributed by atoms with Gasteiger partial charge in [0.15, 0.2) is 8.32 Å². The second kappa shape index (κ2) is 9.72. The molecule has 0 aliphatic rings. The van der Waals surface area contributed by atoms with Crippen LogP contribution in [0.1, 0.15) is 63.9 Å². The molecular weight excluding hydrogens is 384 g/mol. The average molecular weight is 421 g/mol. The van der Waals surface area contributed by atoms with Crippen LogP contribution in [0.3, 0.4) is 0 Å². The van der Waals surface area contributed by atoms with Crippen molar-refractivity contribution in [1.29, 1.82) is 0 Å². The summed E-state index contributed by atoms with van der Waals surface area (Å²) in [5.74, 6) is -0.874. The Hall–Kier alpha value is -1.92. The summed E-state index contributed by atoms with van der Waals surface area (Å²) in [6, 6.07) is 6.59. The Kier molecular flexibility index (Phi) is 8.42. The lowest BCUT2D eigenvalue weighted by Gasteiger charge is -2.36.